The molecule has 0 spiro atoms. The number of nitrogens with two attached hydrogens (primary N) is 1. The summed E-state index contributed by atoms with van der Waals surface area (Å²) < 4.78 is 11.7. The fourth-order valence-corrected chi connectivity index (χ4v) is 3.63. The van der Waals surface area contributed by atoms with E-state index < -0.39 is 6.10 Å². The van der Waals surface area contributed by atoms with Crippen molar-refractivity contribution < 1.29 is 14.6 Å². The standard InChI is InChI=1S/C28H36N2O3/c1-22-10-9-15-26(18-22)33-21-28(31)27(29)16-17-30(19-24-11-5-3-6-12-24)23(2)20-32-25-13-7-4-8-14-25/h3-15,18,23,27-28,31H,16-17,19-21,29H2,1-2H3. The largest absolute Gasteiger partial charge is 0.492 e. The second kappa shape index (κ2) is 13.0. The van der Waals surface area contributed by atoms with Crippen molar-refractivity contribution in [2.45, 2.75) is 45.0 Å². The molecule has 0 fully saturated rings. The molecule has 0 amide bonds. The van der Waals surface area contributed by atoms with Crippen molar-refractivity contribution in [1.82, 2.24) is 4.90 Å². The van der Waals surface area contributed by atoms with Crippen LogP contribution in [0.4, 0.5) is 0 Å². The van der Waals surface area contributed by atoms with Crippen LogP contribution in [0.5, 0.6) is 11.5 Å². The Kier molecular flexibility index (Phi) is 9.76. The highest BCUT2D eigenvalue weighted by molar-refractivity contribution is 5.27. The fourth-order valence-electron chi connectivity index (χ4n) is 3.63. The van der Waals surface area contributed by atoms with Gasteiger partial charge in [0.05, 0.1) is 0 Å². The molecule has 3 N–H and O–H groups in total. The molecule has 0 aliphatic rings. The van der Waals surface area contributed by atoms with E-state index in [9.17, 15) is 5.11 Å². The van der Waals surface area contributed by atoms with Gasteiger partial charge in [0, 0.05) is 25.2 Å². The van der Waals surface area contributed by atoms with E-state index in [1.807, 2.05) is 67.6 Å². The molecule has 0 radical (unpaired) electrons. The third-order valence-electron chi connectivity index (χ3n) is 5.74. The highest BCUT2D eigenvalue weighted by Crippen LogP contribution is 2.15. The van der Waals surface area contributed by atoms with Crippen molar-refractivity contribution in [2.75, 3.05) is 19.8 Å². The van der Waals surface area contributed by atoms with Gasteiger partial charge in [-0.3, -0.25) is 4.90 Å². The third-order valence-corrected chi connectivity index (χ3v) is 5.74. The van der Waals surface area contributed by atoms with Gasteiger partial charge in [-0.15, -0.1) is 0 Å². The van der Waals surface area contributed by atoms with Crippen molar-refractivity contribution in [3.63, 3.8) is 0 Å². The lowest BCUT2D eigenvalue weighted by Crippen LogP contribution is -2.44. The number of ether oxygens (including phenoxy) is 2. The van der Waals surface area contributed by atoms with Gasteiger partial charge >= 0.3 is 0 Å². The van der Waals surface area contributed by atoms with Crippen LogP contribution in [-0.2, 0) is 6.54 Å². The topological polar surface area (TPSA) is 68.0 Å². The normalized spacial score (nSPS) is 14.0. The average molecular weight is 449 g/mol. The van der Waals surface area contributed by atoms with E-state index in [0.717, 1.165) is 30.2 Å². The summed E-state index contributed by atoms with van der Waals surface area (Å²) in [6.07, 6.45) is -0.0825. The van der Waals surface area contributed by atoms with Crippen molar-refractivity contribution in [1.29, 1.82) is 0 Å². The molecule has 0 saturated carbocycles. The summed E-state index contributed by atoms with van der Waals surface area (Å²) in [5.74, 6) is 1.61. The summed E-state index contributed by atoms with van der Waals surface area (Å²) >= 11 is 0. The van der Waals surface area contributed by atoms with Gasteiger partial charge < -0.3 is 20.3 Å². The second-order valence-corrected chi connectivity index (χ2v) is 8.58. The Labute approximate surface area is 197 Å². The zero-order valence-electron chi connectivity index (χ0n) is 19.6. The highest BCUT2D eigenvalue weighted by atomic mass is 16.5. The first-order chi connectivity index (χ1) is 16.0. The van der Waals surface area contributed by atoms with E-state index in [-0.39, 0.29) is 18.7 Å². The molecular weight excluding hydrogens is 412 g/mol. The predicted molar refractivity (Wildman–Crippen MR) is 134 cm³/mol. The Morgan fingerprint density at radius 3 is 2.18 bits per heavy atom. The maximum atomic E-state index is 10.5. The zero-order chi connectivity index (χ0) is 23.5. The summed E-state index contributed by atoms with van der Waals surface area (Å²) in [4.78, 5) is 2.35. The summed E-state index contributed by atoms with van der Waals surface area (Å²) in [5, 5.41) is 10.5. The molecule has 0 aromatic heterocycles. The van der Waals surface area contributed by atoms with Crippen LogP contribution in [0, 0.1) is 6.92 Å². The van der Waals surface area contributed by atoms with Crippen LogP contribution >= 0.6 is 0 Å². The third kappa shape index (κ3) is 8.54. The summed E-state index contributed by atoms with van der Waals surface area (Å²) in [7, 11) is 0. The van der Waals surface area contributed by atoms with Crippen molar-refractivity contribution in [3.05, 3.63) is 96.1 Å². The number of benzene rings is 3. The van der Waals surface area contributed by atoms with E-state index >= 15 is 0 Å². The number of aryl methyl sites for hydroxylation is 1. The Morgan fingerprint density at radius 2 is 1.48 bits per heavy atom. The van der Waals surface area contributed by atoms with Crippen molar-refractivity contribution >= 4 is 0 Å². The lowest BCUT2D eigenvalue weighted by atomic mass is 10.1. The van der Waals surface area contributed by atoms with E-state index in [1.165, 1.54) is 5.56 Å². The van der Waals surface area contributed by atoms with Gasteiger partial charge in [0.15, 0.2) is 0 Å². The number of aliphatic hydroxyl groups is 1. The van der Waals surface area contributed by atoms with Gasteiger partial charge in [-0.05, 0) is 55.7 Å². The molecule has 3 unspecified atom stereocenters. The minimum atomic E-state index is -0.736. The molecule has 5 heteroatoms. The highest BCUT2D eigenvalue weighted by Gasteiger charge is 2.20. The number of nitrogens with zero attached hydrogens (tertiary/aromatic N) is 1. The van der Waals surface area contributed by atoms with E-state index in [4.69, 9.17) is 15.2 Å². The van der Waals surface area contributed by atoms with Gasteiger partial charge in [0.25, 0.3) is 0 Å². The van der Waals surface area contributed by atoms with Crippen LogP contribution in [0.25, 0.3) is 0 Å². The van der Waals surface area contributed by atoms with E-state index in [2.05, 4.69) is 36.1 Å². The van der Waals surface area contributed by atoms with Crippen LogP contribution in [-0.4, -0.2) is 48.0 Å². The number of hydrogen-bond acceptors (Lipinski definition) is 5. The molecule has 0 heterocycles. The van der Waals surface area contributed by atoms with E-state index in [1.54, 1.807) is 0 Å². The predicted octanol–water partition coefficient (Wildman–Crippen LogP) is 4.42. The molecule has 3 aromatic rings. The Bertz CT molecular complexity index is 936. The average Bonchev–Trinajstić information content (AvgIpc) is 2.84. The molecule has 33 heavy (non-hydrogen) atoms. The maximum absolute atomic E-state index is 10.5. The van der Waals surface area contributed by atoms with Crippen LogP contribution in [0.2, 0.25) is 0 Å². The zero-order valence-corrected chi connectivity index (χ0v) is 19.6. The molecule has 176 valence electrons. The number of hydrogen-bond donors (Lipinski definition) is 2. The molecular formula is C28H36N2O3. The van der Waals surface area contributed by atoms with Crippen molar-refractivity contribution in [3.8, 4) is 11.5 Å². The number of para-hydroxylation sites is 1. The maximum Gasteiger partial charge on any atom is 0.119 e. The minimum absolute atomic E-state index is 0.177. The molecule has 0 aliphatic heterocycles. The lowest BCUT2D eigenvalue weighted by Gasteiger charge is -2.31. The summed E-state index contributed by atoms with van der Waals surface area (Å²) in [6, 6.07) is 27.8. The molecule has 3 rings (SSSR count). The Hall–Kier alpha value is -2.86. The smallest absolute Gasteiger partial charge is 0.119 e. The number of aliphatic hydroxyl groups excluding tert-OH is 1. The first-order valence-corrected chi connectivity index (χ1v) is 11.6. The molecule has 0 saturated heterocycles. The summed E-state index contributed by atoms with van der Waals surface area (Å²) in [6.45, 7) is 6.47. The molecule has 5 nitrogen and oxygen atoms in total. The SMILES string of the molecule is Cc1cccc(OCC(O)C(N)CCN(Cc2ccccc2)C(C)COc2ccccc2)c1. The molecule has 3 aromatic carbocycles. The lowest BCUT2D eigenvalue weighted by molar-refractivity contribution is 0.0719. The van der Waals surface area contributed by atoms with Crippen LogP contribution in [0.15, 0.2) is 84.9 Å². The Morgan fingerprint density at radius 1 is 0.848 bits per heavy atom. The minimum Gasteiger partial charge on any atom is -0.492 e. The Balaban J connectivity index is 1.53. The fraction of sp³-hybridized carbons (Fsp3) is 0.357. The van der Waals surface area contributed by atoms with Gasteiger partial charge in [-0.25, -0.2) is 0 Å². The van der Waals surface area contributed by atoms with Gasteiger partial charge in [0.2, 0.25) is 0 Å². The van der Waals surface area contributed by atoms with Crippen LogP contribution in [0.3, 0.4) is 0 Å². The molecule has 0 aliphatic carbocycles. The second-order valence-electron chi connectivity index (χ2n) is 8.58. The monoisotopic (exact) mass is 448 g/mol. The van der Waals surface area contributed by atoms with E-state index in [0.29, 0.717) is 13.0 Å². The number of rotatable bonds is 13. The van der Waals surface area contributed by atoms with Gasteiger partial charge in [0.1, 0.15) is 30.8 Å². The van der Waals surface area contributed by atoms with Gasteiger partial charge in [-0.1, -0.05) is 60.7 Å². The van der Waals surface area contributed by atoms with Crippen LogP contribution < -0.4 is 15.2 Å². The van der Waals surface area contributed by atoms with Crippen LogP contribution in [0.1, 0.15) is 24.5 Å². The molecule has 0 bridgehead atoms. The molecule has 3 atom stereocenters. The van der Waals surface area contributed by atoms with Crippen molar-refractivity contribution in [2.24, 2.45) is 5.73 Å². The quantitative estimate of drug-likeness (QED) is 0.405. The first kappa shape index (κ1) is 24.8. The van der Waals surface area contributed by atoms with Gasteiger partial charge in [-0.2, -0.15) is 0 Å². The summed E-state index contributed by atoms with van der Waals surface area (Å²) in [5.41, 5.74) is 8.69. The first-order valence-electron chi connectivity index (χ1n) is 11.6.